The summed E-state index contributed by atoms with van der Waals surface area (Å²) in [7, 11) is 0. The lowest BCUT2D eigenvalue weighted by Gasteiger charge is -2.16. The summed E-state index contributed by atoms with van der Waals surface area (Å²) < 4.78 is 0. The average Bonchev–Trinajstić information content (AvgIpc) is 2.83. The van der Waals surface area contributed by atoms with E-state index in [1.807, 2.05) is 0 Å². The number of hydrogen-bond acceptors (Lipinski definition) is 2. The van der Waals surface area contributed by atoms with Crippen molar-refractivity contribution in [1.82, 2.24) is 4.90 Å². The molecule has 1 amide bonds. The van der Waals surface area contributed by atoms with Gasteiger partial charge >= 0.3 is 5.97 Å². The molecule has 1 atom stereocenters. The molecule has 1 fully saturated rings. The quantitative estimate of drug-likeness (QED) is 0.922. The number of aliphatic carboxylic acids is 1. The zero-order chi connectivity index (χ0) is 14.0. The highest BCUT2D eigenvalue weighted by atomic mass is 35.5. The summed E-state index contributed by atoms with van der Waals surface area (Å²) in [5.41, 5.74) is 0.592. The van der Waals surface area contributed by atoms with Gasteiger partial charge in [-0.15, -0.1) is 12.4 Å². The van der Waals surface area contributed by atoms with Gasteiger partial charge in [-0.1, -0.05) is 29.3 Å². The van der Waals surface area contributed by atoms with Crippen molar-refractivity contribution in [2.45, 2.75) is 12.8 Å². The molecule has 1 unspecified atom stereocenters. The van der Waals surface area contributed by atoms with Gasteiger partial charge < -0.3 is 10.0 Å². The molecule has 0 aliphatic carbocycles. The van der Waals surface area contributed by atoms with E-state index >= 15 is 0 Å². The third-order valence-corrected chi connectivity index (χ3v) is 3.99. The molecule has 2 rings (SSSR count). The molecule has 1 N–H and O–H groups in total. The summed E-state index contributed by atoms with van der Waals surface area (Å²) in [5, 5.41) is 9.82. The van der Waals surface area contributed by atoms with E-state index < -0.39 is 11.9 Å². The fourth-order valence-corrected chi connectivity index (χ4v) is 2.68. The highest BCUT2D eigenvalue weighted by Crippen LogP contribution is 2.26. The Kier molecular flexibility index (Phi) is 6.11. The van der Waals surface area contributed by atoms with Crippen LogP contribution in [0.3, 0.4) is 0 Å². The Balaban J connectivity index is 0.00000200. The van der Waals surface area contributed by atoms with E-state index in [2.05, 4.69) is 0 Å². The third-order valence-electron chi connectivity index (χ3n) is 3.28. The van der Waals surface area contributed by atoms with Gasteiger partial charge in [-0.25, -0.2) is 0 Å². The van der Waals surface area contributed by atoms with Crippen LogP contribution in [0.2, 0.25) is 10.0 Å². The Morgan fingerprint density at radius 3 is 2.40 bits per heavy atom. The molecule has 1 heterocycles. The first-order valence-corrected chi connectivity index (χ1v) is 6.68. The molecule has 4 nitrogen and oxygen atoms in total. The van der Waals surface area contributed by atoms with E-state index in [-0.39, 0.29) is 31.3 Å². The Bertz CT molecular complexity index is 501. The zero-order valence-corrected chi connectivity index (χ0v) is 12.8. The molecule has 1 aliphatic rings. The van der Waals surface area contributed by atoms with Gasteiger partial charge in [0.1, 0.15) is 0 Å². The maximum Gasteiger partial charge on any atom is 0.308 e. The fraction of sp³-hybridized carbons (Fsp3) is 0.385. The molecule has 0 spiro atoms. The summed E-state index contributed by atoms with van der Waals surface area (Å²) in [6.07, 6.45) is 0.599. The lowest BCUT2D eigenvalue weighted by atomic mass is 10.1. The minimum atomic E-state index is -0.855. The van der Waals surface area contributed by atoms with Gasteiger partial charge in [-0.2, -0.15) is 0 Å². The van der Waals surface area contributed by atoms with Crippen LogP contribution >= 0.6 is 35.6 Å². The van der Waals surface area contributed by atoms with E-state index in [4.69, 9.17) is 28.3 Å². The lowest BCUT2D eigenvalue weighted by molar-refractivity contribution is -0.141. The van der Waals surface area contributed by atoms with Gasteiger partial charge in [0.15, 0.2) is 0 Å². The van der Waals surface area contributed by atoms with Crippen LogP contribution in [0.25, 0.3) is 0 Å². The van der Waals surface area contributed by atoms with Crippen molar-refractivity contribution < 1.29 is 14.7 Å². The monoisotopic (exact) mass is 337 g/mol. The Labute approximate surface area is 133 Å². The lowest BCUT2D eigenvalue weighted by Crippen LogP contribution is -2.31. The van der Waals surface area contributed by atoms with Crippen LogP contribution in [0.4, 0.5) is 0 Å². The minimum Gasteiger partial charge on any atom is -0.481 e. The van der Waals surface area contributed by atoms with Gasteiger partial charge in [0.25, 0.3) is 0 Å². The van der Waals surface area contributed by atoms with Crippen molar-refractivity contribution >= 4 is 47.5 Å². The first-order chi connectivity index (χ1) is 8.99. The molecular weight excluding hydrogens is 325 g/mol. The molecule has 0 saturated carbocycles. The third kappa shape index (κ3) is 3.78. The van der Waals surface area contributed by atoms with Crippen LogP contribution in [0.1, 0.15) is 12.0 Å². The van der Waals surface area contributed by atoms with Crippen LogP contribution in [0.15, 0.2) is 18.2 Å². The van der Waals surface area contributed by atoms with Crippen LogP contribution in [0, 0.1) is 5.92 Å². The first kappa shape index (κ1) is 17.1. The number of benzene rings is 1. The molecular formula is C13H14Cl3NO3. The molecule has 1 aromatic carbocycles. The molecule has 0 bridgehead atoms. The van der Waals surface area contributed by atoms with Gasteiger partial charge in [0, 0.05) is 23.1 Å². The van der Waals surface area contributed by atoms with E-state index in [9.17, 15) is 9.59 Å². The predicted octanol–water partition coefficient (Wildman–Crippen LogP) is 2.89. The number of halogens is 3. The van der Waals surface area contributed by atoms with Crippen molar-refractivity contribution in [3.63, 3.8) is 0 Å². The van der Waals surface area contributed by atoms with Crippen LogP contribution in [-0.2, 0) is 16.0 Å². The summed E-state index contributed by atoms with van der Waals surface area (Å²) in [5.74, 6) is -1.46. The van der Waals surface area contributed by atoms with Gasteiger partial charge in [-0.05, 0) is 24.1 Å². The molecule has 20 heavy (non-hydrogen) atoms. The number of carboxylic acid groups (broad SMARTS) is 1. The summed E-state index contributed by atoms with van der Waals surface area (Å²) in [4.78, 5) is 24.5. The predicted molar refractivity (Wildman–Crippen MR) is 79.7 cm³/mol. The summed E-state index contributed by atoms with van der Waals surface area (Å²) in [6, 6.07) is 5.08. The average molecular weight is 339 g/mol. The number of nitrogens with zero attached hydrogens (tertiary/aromatic N) is 1. The second-order valence-corrected chi connectivity index (χ2v) is 5.35. The topological polar surface area (TPSA) is 57.6 Å². The standard InChI is InChI=1S/C13H13Cl2NO3.ClH/c14-10-2-1-3-11(15)9(10)6-12(17)16-5-4-8(7-16)13(18)19;/h1-3,8H,4-7H2,(H,18,19);1H. The Morgan fingerprint density at radius 2 is 1.90 bits per heavy atom. The minimum absolute atomic E-state index is 0. The largest absolute Gasteiger partial charge is 0.481 e. The van der Waals surface area contributed by atoms with E-state index in [1.54, 1.807) is 23.1 Å². The van der Waals surface area contributed by atoms with Crippen LogP contribution in [-0.4, -0.2) is 35.0 Å². The number of hydrogen-bond donors (Lipinski definition) is 1. The van der Waals surface area contributed by atoms with Gasteiger partial charge in [-0.3, -0.25) is 9.59 Å². The molecule has 1 saturated heterocycles. The molecule has 0 radical (unpaired) electrons. The molecule has 0 aromatic heterocycles. The molecule has 1 aromatic rings. The number of likely N-dealkylation sites (tertiary alicyclic amines) is 1. The second-order valence-electron chi connectivity index (χ2n) is 4.54. The Morgan fingerprint density at radius 1 is 1.30 bits per heavy atom. The zero-order valence-electron chi connectivity index (χ0n) is 10.5. The fourth-order valence-electron chi connectivity index (χ4n) is 2.15. The first-order valence-electron chi connectivity index (χ1n) is 5.92. The van der Waals surface area contributed by atoms with E-state index in [0.29, 0.717) is 28.6 Å². The number of carbonyl (C=O) groups is 2. The molecule has 7 heteroatoms. The van der Waals surface area contributed by atoms with Crippen LogP contribution < -0.4 is 0 Å². The Hall–Kier alpha value is -0.970. The van der Waals surface area contributed by atoms with Gasteiger partial charge in [0.2, 0.25) is 5.91 Å². The molecule has 1 aliphatic heterocycles. The van der Waals surface area contributed by atoms with E-state index in [1.165, 1.54) is 0 Å². The van der Waals surface area contributed by atoms with Gasteiger partial charge in [0.05, 0.1) is 12.3 Å². The number of carbonyl (C=O) groups excluding carboxylic acids is 1. The van der Waals surface area contributed by atoms with Crippen molar-refractivity contribution in [1.29, 1.82) is 0 Å². The van der Waals surface area contributed by atoms with Crippen molar-refractivity contribution in [2.24, 2.45) is 5.92 Å². The van der Waals surface area contributed by atoms with Crippen molar-refractivity contribution in [2.75, 3.05) is 13.1 Å². The SMILES string of the molecule is Cl.O=C(O)C1CCN(C(=O)Cc2c(Cl)cccc2Cl)C1. The summed E-state index contributed by atoms with van der Waals surface area (Å²) in [6.45, 7) is 0.730. The maximum atomic E-state index is 12.1. The highest BCUT2D eigenvalue weighted by molar-refractivity contribution is 6.36. The van der Waals surface area contributed by atoms with Crippen LogP contribution in [0.5, 0.6) is 0 Å². The number of rotatable bonds is 3. The smallest absolute Gasteiger partial charge is 0.308 e. The van der Waals surface area contributed by atoms with E-state index in [0.717, 1.165) is 0 Å². The molecule has 110 valence electrons. The number of carboxylic acids is 1. The maximum absolute atomic E-state index is 12.1. The highest BCUT2D eigenvalue weighted by Gasteiger charge is 2.31. The number of amides is 1. The van der Waals surface area contributed by atoms with Crippen molar-refractivity contribution in [3.05, 3.63) is 33.8 Å². The van der Waals surface area contributed by atoms with Crippen molar-refractivity contribution in [3.8, 4) is 0 Å². The summed E-state index contributed by atoms with van der Waals surface area (Å²) >= 11 is 12.0. The normalized spacial score (nSPS) is 17.7. The second kappa shape index (κ2) is 7.16.